The fourth-order valence-electron chi connectivity index (χ4n) is 4.51. The van der Waals surface area contributed by atoms with Gasteiger partial charge in [-0.3, -0.25) is 14.5 Å². The summed E-state index contributed by atoms with van der Waals surface area (Å²) < 4.78 is 16.5. The van der Waals surface area contributed by atoms with Gasteiger partial charge in [-0.05, 0) is 35.4 Å². The van der Waals surface area contributed by atoms with Crippen LogP contribution in [-0.2, 0) is 27.3 Å². The maximum Gasteiger partial charge on any atom is 0.261 e. The van der Waals surface area contributed by atoms with Gasteiger partial charge < -0.3 is 24.4 Å². The maximum absolute atomic E-state index is 13.7. The summed E-state index contributed by atoms with van der Waals surface area (Å²) in [5, 5.41) is 3.09. The van der Waals surface area contributed by atoms with Crippen molar-refractivity contribution in [3.05, 3.63) is 96.1 Å². The van der Waals surface area contributed by atoms with E-state index < -0.39 is 6.04 Å². The summed E-state index contributed by atoms with van der Waals surface area (Å²) in [4.78, 5) is 31.3. The summed E-state index contributed by atoms with van der Waals surface area (Å²) in [5.41, 5.74) is 1.87. The highest BCUT2D eigenvalue weighted by Crippen LogP contribution is 2.18. The van der Waals surface area contributed by atoms with Gasteiger partial charge in [-0.25, -0.2) is 0 Å². The third-order valence-electron chi connectivity index (χ3n) is 6.72. The molecule has 8 nitrogen and oxygen atoms in total. The first kappa shape index (κ1) is 28.1. The molecule has 3 aromatic carbocycles. The minimum Gasteiger partial charge on any atom is -0.497 e. The van der Waals surface area contributed by atoms with Crippen LogP contribution >= 0.6 is 0 Å². The summed E-state index contributed by atoms with van der Waals surface area (Å²) in [6.45, 7) is 4.42. The molecule has 39 heavy (non-hydrogen) atoms. The predicted octanol–water partition coefficient (Wildman–Crippen LogP) is 3.16. The van der Waals surface area contributed by atoms with Crippen molar-refractivity contribution in [3.8, 4) is 11.5 Å². The van der Waals surface area contributed by atoms with Gasteiger partial charge in [0.05, 0.1) is 20.3 Å². The lowest BCUT2D eigenvalue weighted by Crippen LogP contribution is -2.52. The third-order valence-corrected chi connectivity index (χ3v) is 6.72. The predicted molar refractivity (Wildman–Crippen MR) is 150 cm³/mol. The second-order valence-electron chi connectivity index (χ2n) is 9.42. The number of carbonyl (C=O) groups excluding carboxylic acids is 2. The molecule has 0 saturated carbocycles. The van der Waals surface area contributed by atoms with Gasteiger partial charge in [-0.15, -0.1) is 0 Å². The Hall–Kier alpha value is -3.88. The lowest BCUT2D eigenvalue weighted by Gasteiger charge is -2.32. The SMILES string of the molecule is COc1ccc(CN(C(=O)COc2ccccc2)C(Cc2ccccc2)C(=O)NCCN2CCOCC2)cc1. The summed E-state index contributed by atoms with van der Waals surface area (Å²) in [7, 11) is 1.61. The van der Waals surface area contributed by atoms with E-state index in [1.54, 1.807) is 24.1 Å². The van der Waals surface area contributed by atoms with Gasteiger partial charge in [-0.2, -0.15) is 0 Å². The van der Waals surface area contributed by atoms with Crippen LogP contribution in [0.1, 0.15) is 11.1 Å². The van der Waals surface area contributed by atoms with E-state index in [9.17, 15) is 9.59 Å². The first-order valence-corrected chi connectivity index (χ1v) is 13.3. The Balaban J connectivity index is 1.54. The lowest BCUT2D eigenvalue weighted by atomic mass is 10.0. The highest BCUT2D eigenvalue weighted by atomic mass is 16.5. The molecule has 206 valence electrons. The van der Waals surface area contributed by atoms with Crippen molar-refractivity contribution in [2.75, 3.05) is 53.1 Å². The first-order chi connectivity index (χ1) is 19.1. The van der Waals surface area contributed by atoms with Gasteiger partial charge in [0.15, 0.2) is 6.61 Å². The molecule has 1 heterocycles. The van der Waals surface area contributed by atoms with E-state index in [1.165, 1.54) is 0 Å². The average Bonchev–Trinajstić information content (AvgIpc) is 2.99. The molecule has 8 heteroatoms. The van der Waals surface area contributed by atoms with Gasteiger partial charge >= 0.3 is 0 Å². The molecule has 1 aliphatic heterocycles. The monoisotopic (exact) mass is 531 g/mol. The number of nitrogens with zero attached hydrogens (tertiary/aromatic N) is 2. The second-order valence-corrected chi connectivity index (χ2v) is 9.42. The van der Waals surface area contributed by atoms with Gasteiger partial charge in [-0.1, -0.05) is 60.7 Å². The fourth-order valence-corrected chi connectivity index (χ4v) is 4.51. The topological polar surface area (TPSA) is 80.3 Å². The Morgan fingerprint density at radius 1 is 0.897 bits per heavy atom. The van der Waals surface area contributed by atoms with Crippen molar-refractivity contribution in [2.45, 2.75) is 19.0 Å². The fraction of sp³-hybridized carbons (Fsp3) is 0.355. The minimum atomic E-state index is -0.717. The largest absolute Gasteiger partial charge is 0.497 e. The van der Waals surface area contributed by atoms with Crippen molar-refractivity contribution < 1.29 is 23.8 Å². The second kappa shape index (κ2) is 14.9. The molecule has 4 rings (SSSR count). The van der Waals surface area contributed by atoms with E-state index in [-0.39, 0.29) is 25.0 Å². The van der Waals surface area contributed by atoms with E-state index in [0.717, 1.165) is 36.5 Å². The molecule has 1 N–H and O–H groups in total. The smallest absolute Gasteiger partial charge is 0.261 e. The number of carbonyl (C=O) groups is 2. The van der Waals surface area contributed by atoms with E-state index in [2.05, 4.69) is 10.2 Å². The van der Waals surface area contributed by atoms with Crippen LogP contribution in [0.3, 0.4) is 0 Å². The maximum atomic E-state index is 13.7. The number of rotatable bonds is 13. The Morgan fingerprint density at radius 2 is 1.56 bits per heavy atom. The number of amides is 2. The lowest BCUT2D eigenvalue weighted by molar-refractivity contribution is -0.142. The number of hydrogen-bond acceptors (Lipinski definition) is 6. The van der Waals surface area contributed by atoms with Crippen molar-refractivity contribution in [1.82, 2.24) is 15.1 Å². The number of benzene rings is 3. The van der Waals surface area contributed by atoms with Gasteiger partial charge in [0, 0.05) is 39.1 Å². The first-order valence-electron chi connectivity index (χ1n) is 13.3. The van der Waals surface area contributed by atoms with Crippen LogP contribution in [0.25, 0.3) is 0 Å². The zero-order chi connectivity index (χ0) is 27.3. The van der Waals surface area contributed by atoms with E-state index in [0.29, 0.717) is 31.9 Å². The minimum absolute atomic E-state index is 0.174. The number of morpholine rings is 1. The average molecular weight is 532 g/mol. The molecule has 0 aromatic heterocycles. The van der Waals surface area contributed by atoms with Crippen LogP contribution < -0.4 is 14.8 Å². The Morgan fingerprint density at radius 3 is 2.23 bits per heavy atom. The van der Waals surface area contributed by atoms with E-state index in [1.807, 2.05) is 72.8 Å². The number of para-hydroxylation sites is 1. The molecular formula is C31H37N3O5. The molecule has 1 aliphatic rings. The Bertz CT molecular complexity index is 1150. The zero-order valence-electron chi connectivity index (χ0n) is 22.5. The molecule has 0 bridgehead atoms. The Labute approximate surface area is 230 Å². The summed E-state index contributed by atoms with van der Waals surface area (Å²) in [6, 6.07) is 25.8. The van der Waals surface area contributed by atoms with Gasteiger partial charge in [0.25, 0.3) is 5.91 Å². The number of methoxy groups -OCH3 is 1. The van der Waals surface area contributed by atoms with Crippen LogP contribution in [0, 0.1) is 0 Å². The zero-order valence-corrected chi connectivity index (χ0v) is 22.5. The quantitative estimate of drug-likeness (QED) is 0.365. The molecule has 0 radical (unpaired) electrons. The molecule has 0 spiro atoms. The van der Waals surface area contributed by atoms with E-state index >= 15 is 0 Å². The Kier molecular flexibility index (Phi) is 10.7. The number of ether oxygens (including phenoxy) is 3. The highest BCUT2D eigenvalue weighted by molar-refractivity contribution is 5.88. The standard InChI is InChI=1S/C31H37N3O5/c1-37-27-14-12-26(13-15-27)23-34(30(35)24-39-28-10-6-3-7-11-28)29(22-25-8-4-2-5-9-25)31(36)32-16-17-33-18-20-38-21-19-33/h2-15,29H,16-24H2,1H3,(H,32,36). The van der Waals surface area contributed by atoms with E-state index in [4.69, 9.17) is 14.2 Å². The number of hydrogen-bond donors (Lipinski definition) is 1. The molecule has 1 saturated heterocycles. The van der Waals surface area contributed by atoms with Crippen LogP contribution in [0.5, 0.6) is 11.5 Å². The van der Waals surface area contributed by atoms with Crippen molar-refractivity contribution in [3.63, 3.8) is 0 Å². The summed E-state index contributed by atoms with van der Waals surface area (Å²) in [6.07, 6.45) is 0.386. The summed E-state index contributed by atoms with van der Waals surface area (Å²) >= 11 is 0. The molecular weight excluding hydrogens is 494 g/mol. The third kappa shape index (κ3) is 8.84. The van der Waals surface area contributed by atoms with Crippen molar-refractivity contribution in [1.29, 1.82) is 0 Å². The van der Waals surface area contributed by atoms with Crippen molar-refractivity contribution >= 4 is 11.8 Å². The van der Waals surface area contributed by atoms with Gasteiger partial charge in [0.1, 0.15) is 17.5 Å². The molecule has 1 fully saturated rings. The highest BCUT2D eigenvalue weighted by Gasteiger charge is 2.30. The van der Waals surface area contributed by atoms with Crippen LogP contribution in [0.15, 0.2) is 84.9 Å². The molecule has 3 aromatic rings. The van der Waals surface area contributed by atoms with Crippen LogP contribution in [-0.4, -0.2) is 80.8 Å². The molecule has 1 unspecified atom stereocenters. The number of nitrogens with one attached hydrogen (secondary N) is 1. The van der Waals surface area contributed by atoms with Crippen molar-refractivity contribution in [2.24, 2.45) is 0 Å². The molecule has 0 aliphatic carbocycles. The van der Waals surface area contributed by atoms with Crippen LogP contribution in [0.4, 0.5) is 0 Å². The normalized spacial score (nSPS) is 14.3. The molecule has 2 amide bonds. The molecule has 1 atom stereocenters. The van der Waals surface area contributed by atoms with Gasteiger partial charge in [0.2, 0.25) is 5.91 Å². The van der Waals surface area contributed by atoms with Crippen LogP contribution in [0.2, 0.25) is 0 Å². The summed E-state index contributed by atoms with van der Waals surface area (Å²) in [5.74, 6) is 0.878.